The van der Waals surface area contributed by atoms with Crippen molar-refractivity contribution in [2.24, 2.45) is 0 Å². The van der Waals surface area contributed by atoms with Crippen LogP contribution in [0.2, 0.25) is 0 Å². The molecule has 86 valence electrons. The van der Waals surface area contributed by atoms with Crippen LogP contribution in [0.3, 0.4) is 0 Å². The second-order valence-electron chi connectivity index (χ2n) is 4.33. The van der Waals surface area contributed by atoms with E-state index in [0.717, 1.165) is 9.53 Å². The molecule has 0 atom stereocenters. The zero-order valence-corrected chi connectivity index (χ0v) is 10.9. The van der Waals surface area contributed by atoms with Gasteiger partial charge in [0.1, 0.15) is 15.3 Å². The first-order valence-electron chi connectivity index (χ1n) is 4.74. The van der Waals surface area contributed by atoms with Crippen LogP contribution in [-0.2, 0) is 4.74 Å². The first-order chi connectivity index (χ1) is 7.35. The van der Waals surface area contributed by atoms with Gasteiger partial charge in [0.25, 0.3) is 0 Å². The number of carbonyl (C=O) groups excluding carboxylic acids is 1. The number of aromatic nitrogens is 1. The van der Waals surface area contributed by atoms with Crippen LogP contribution >= 0.6 is 22.7 Å². The molecule has 0 fully saturated rings. The van der Waals surface area contributed by atoms with E-state index in [4.69, 9.17) is 10.5 Å². The topological polar surface area (TPSA) is 65.2 Å². The van der Waals surface area contributed by atoms with Gasteiger partial charge in [0.05, 0.1) is 4.70 Å². The number of nitrogens with zero attached hydrogens (tertiary/aromatic N) is 1. The van der Waals surface area contributed by atoms with Gasteiger partial charge in [-0.15, -0.1) is 11.3 Å². The second-order valence-corrected chi connectivity index (χ2v) is 6.43. The molecule has 0 aliphatic heterocycles. The molecule has 0 bridgehead atoms. The summed E-state index contributed by atoms with van der Waals surface area (Å²) in [5.74, 6) is -0.304. The Labute approximate surface area is 101 Å². The molecule has 0 saturated heterocycles. The summed E-state index contributed by atoms with van der Waals surface area (Å²) in [6.45, 7) is 5.53. The number of anilines is 1. The lowest BCUT2D eigenvalue weighted by molar-refractivity contribution is 0.00753. The summed E-state index contributed by atoms with van der Waals surface area (Å²) >= 11 is 2.69. The van der Waals surface area contributed by atoms with Crippen LogP contribution in [0.4, 0.5) is 5.13 Å². The van der Waals surface area contributed by atoms with Crippen LogP contribution < -0.4 is 5.73 Å². The summed E-state index contributed by atoms with van der Waals surface area (Å²) in [5, 5.41) is 0.525. The van der Waals surface area contributed by atoms with E-state index in [1.165, 1.54) is 22.7 Å². The molecule has 0 spiro atoms. The molecule has 6 heteroatoms. The predicted octanol–water partition coefficient (Wildman–Crippen LogP) is 2.90. The molecule has 2 N–H and O–H groups in total. The molecule has 4 nitrogen and oxygen atoms in total. The molecule has 0 aromatic carbocycles. The van der Waals surface area contributed by atoms with Crippen molar-refractivity contribution in [2.45, 2.75) is 26.4 Å². The predicted molar refractivity (Wildman–Crippen MR) is 67.1 cm³/mol. The number of ether oxygens (including phenoxy) is 1. The average Bonchev–Trinajstić information content (AvgIpc) is 2.56. The molecule has 2 aromatic heterocycles. The van der Waals surface area contributed by atoms with Gasteiger partial charge in [-0.05, 0) is 26.8 Å². The Kier molecular flexibility index (Phi) is 2.63. The van der Waals surface area contributed by atoms with Crippen molar-refractivity contribution in [1.82, 2.24) is 4.98 Å². The molecular formula is C10H12N2O2S2. The summed E-state index contributed by atoms with van der Waals surface area (Å²) in [6.07, 6.45) is 0. The molecule has 2 aromatic rings. The van der Waals surface area contributed by atoms with Crippen LogP contribution in [0.1, 0.15) is 30.4 Å². The first-order valence-corrected chi connectivity index (χ1v) is 6.38. The van der Waals surface area contributed by atoms with Gasteiger partial charge < -0.3 is 10.5 Å². The molecule has 2 heterocycles. The van der Waals surface area contributed by atoms with Gasteiger partial charge in [-0.25, -0.2) is 9.78 Å². The van der Waals surface area contributed by atoms with Gasteiger partial charge >= 0.3 is 5.97 Å². The smallest absolute Gasteiger partial charge is 0.348 e. The highest BCUT2D eigenvalue weighted by molar-refractivity contribution is 7.29. The van der Waals surface area contributed by atoms with Crippen LogP contribution in [0, 0.1) is 0 Å². The fourth-order valence-corrected chi connectivity index (χ4v) is 3.05. The molecule has 0 unspecified atom stereocenters. The summed E-state index contributed by atoms with van der Waals surface area (Å²) < 4.78 is 6.20. The monoisotopic (exact) mass is 256 g/mol. The minimum Gasteiger partial charge on any atom is -0.456 e. The van der Waals surface area contributed by atoms with Crippen LogP contribution in [0.15, 0.2) is 6.07 Å². The number of esters is 1. The lowest BCUT2D eigenvalue weighted by Crippen LogP contribution is -2.23. The van der Waals surface area contributed by atoms with E-state index in [1.807, 2.05) is 20.8 Å². The minimum absolute atomic E-state index is 0.304. The van der Waals surface area contributed by atoms with E-state index in [0.29, 0.717) is 10.0 Å². The summed E-state index contributed by atoms with van der Waals surface area (Å²) in [7, 11) is 0. The number of fused-ring (bicyclic) bond motifs is 1. The third-order valence-corrected chi connectivity index (χ3v) is 3.68. The number of rotatable bonds is 1. The number of thiophene rings is 1. The van der Waals surface area contributed by atoms with E-state index >= 15 is 0 Å². The van der Waals surface area contributed by atoms with Crippen LogP contribution in [0.25, 0.3) is 9.53 Å². The zero-order chi connectivity index (χ0) is 11.9. The largest absolute Gasteiger partial charge is 0.456 e. The lowest BCUT2D eigenvalue weighted by atomic mass is 10.2. The summed E-state index contributed by atoms with van der Waals surface area (Å²) in [4.78, 5) is 17.2. The van der Waals surface area contributed by atoms with Gasteiger partial charge in [0.15, 0.2) is 5.13 Å². The average molecular weight is 256 g/mol. The van der Waals surface area contributed by atoms with Gasteiger partial charge in [-0.3, -0.25) is 0 Å². The fraction of sp³-hybridized carbons (Fsp3) is 0.400. The summed E-state index contributed by atoms with van der Waals surface area (Å²) in [5.41, 5.74) is 5.09. The Bertz CT molecular complexity index is 505. The van der Waals surface area contributed by atoms with Crippen molar-refractivity contribution in [3.63, 3.8) is 0 Å². The maximum Gasteiger partial charge on any atom is 0.348 e. The van der Waals surface area contributed by atoms with E-state index < -0.39 is 5.60 Å². The maximum absolute atomic E-state index is 11.7. The number of nitrogens with two attached hydrogens (primary N) is 1. The quantitative estimate of drug-likeness (QED) is 0.797. The highest BCUT2D eigenvalue weighted by atomic mass is 32.1. The normalized spacial score (nSPS) is 11.9. The van der Waals surface area contributed by atoms with Crippen LogP contribution in [-0.4, -0.2) is 16.6 Å². The van der Waals surface area contributed by atoms with Crippen molar-refractivity contribution in [1.29, 1.82) is 0 Å². The molecule has 2 rings (SSSR count). The van der Waals surface area contributed by atoms with Crippen molar-refractivity contribution in [2.75, 3.05) is 5.73 Å². The first kappa shape index (κ1) is 11.3. The van der Waals surface area contributed by atoms with Crippen molar-refractivity contribution in [3.8, 4) is 0 Å². The Morgan fingerprint density at radius 1 is 1.44 bits per heavy atom. The van der Waals surface area contributed by atoms with Crippen LogP contribution in [0.5, 0.6) is 0 Å². The van der Waals surface area contributed by atoms with Crippen molar-refractivity contribution >= 4 is 43.3 Å². The third-order valence-electron chi connectivity index (χ3n) is 1.71. The van der Waals surface area contributed by atoms with E-state index in [1.54, 1.807) is 6.07 Å². The lowest BCUT2D eigenvalue weighted by Gasteiger charge is -2.18. The number of nitrogen functional groups attached to an aromatic ring is 1. The second kappa shape index (κ2) is 3.71. The number of thiazole rings is 1. The highest BCUT2D eigenvalue weighted by Gasteiger charge is 2.20. The summed E-state index contributed by atoms with van der Waals surface area (Å²) in [6, 6.07) is 1.78. The molecule has 0 saturated carbocycles. The number of carbonyl (C=O) groups is 1. The van der Waals surface area contributed by atoms with Gasteiger partial charge in [0.2, 0.25) is 0 Å². The SMILES string of the molecule is CC(C)(C)OC(=O)c1cc2sc(N)nc2s1. The van der Waals surface area contributed by atoms with E-state index in [9.17, 15) is 4.79 Å². The van der Waals surface area contributed by atoms with Gasteiger partial charge in [-0.1, -0.05) is 11.3 Å². The van der Waals surface area contributed by atoms with E-state index in [2.05, 4.69) is 4.98 Å². The molecular weight excluding hydrogens is 244 g/mol. The molecule has 0 amide bonds. The minimum atomic E-state index is -0.471. The highest BCUT2D eigenvalue weighted by Crippen LogP contribution is 2.32. The van der Waals surface area contributed by atoms with E-state index in [-0.39, 0.29) is 5.97 Å². The Hall–Kier alpha value is -1.14. The maximum atomic E-state index is 11.7. The molecule has 0 aliphatic carbocycles. The Morgan fingerprint density at radius 3 is 2.69 bits per heavy atom. The number of hydrogen-bond acceptors (Lipinski definition) is 6. The Morgan fingerprint density at radius 2 is 2.12 bits per heavy atom. The van der Waals surface area contributed by atoms with Gasteiger partial charge in [-0.2, -0.15) is 0 Å². The molecule has 0 radical (unpaired) electrons. The molecule has 0 aliphatic rings. The number of hydrogen-bond donors (Lipinski definition) is 1. The molecule has 16 heavy (non-hydrogen) atoms. The zero-order valence-electron chi connectivity index (χ0n) is 9.23. The third kappa shape index (κ3) is 2.33. The standard InChI is InChI=1S/C10H12N2O2S2/c1-10(2,3)14-8(13)6-4-5-7(15-6)12-9(11)16-5/h4H,1-3H3,(H2,11,12). The van der Waals surface area contributed by atoms with Crippen molar-refractivity contribution in [3.05, 3.63) is 10.9 Å². The van der Waals surface area contributed by atoms with Gasteiger partial charge in [0, 0.05) is 0 Å². The Balaban J connectivity index is 2.27. The van der Waals surface area contributed by atoms with Crippen molar-refractivity contribution < 1.29 is 9.53 Å². The fourth-order valence-electron chi connectivity index (χ4n) is 1.18.